The molecule has 2 aromatic carbocycles. The number of carbonyl (C=O) groups is 1. The van der Waals surface area contributed by atoms with Crippen LogP contribution in [0.3, 0.4) is 0 Å². The van der Waals surface area contributed by atoms with Crippen molar-refractivity contribution in [2.24, 2.45) is 0 Å². The van der Waals surface area contributed by atoms with Crippen LogP contribution in [0.2, 0.25) is 5.02 Å². The molecular weight excluding hydrogens is 354 g/mol. The van der Waals surface area contributed by atoms with E-state index in [0.29, 0.717) is 22.9 Å². The second-order valence-corrected chi connectivity index (χ2v) is 6.34. The lowest BCUT2D eigenvalue weighted by molar-refractivity contribution is 0.0993. The van der Waals surface area contributed by atoms with E-state index in [1.54, 1.807) is 18.2 Å². The second-order valence-electron chi connectivity index (χ2n) is 4.98. The number of nitrogens with two attached hydrogens (primary N) is 1. The molecule has 5 heteroatoms. The summed E-state index contributed by atoms with van der Waals surface area (Å²) in [6, 6.07) is 8.95. The number of rotatable bonds is 3. The van der Waals surface area contributed by atoms with Gasteiger partial charge in [0.25, 0.3) is 0 Å². The Morgan fingerprint density at radius 1 is 1.33 bits per heavy atom. The third-order valence-electron chi connectivity index (χ3n) is 3.49. The van der Waals surface area contributed by atoms with Crippen molar-refractivity contribution in [3.05, 3.63) is 56.5 Å². The Morgan fingerprint density at radius 2 is 2.14 bits per heavy atom. The molecule has 108 valence electrons. The quantitative estimate of drug-likeness (QED) is 0.659. The topological polar surface area (TPSA) is 52.3 Å². The van der Waals surface area contributed by atoms with Gasteiger partial charge in [0.1, 0.15) is 5.75 Å². The van der Waals surface area contributed by atoms with Crippen molar-refractivity contribution in [2.75, 3.05) is 12.3 Å². The van der Waals surface area contributed by atoms with E-state index in [4.69, 9.17) is 22.1 Å². The minimum Gasteiger partial charge on any atom is -0.493 e. The fraction of sp³-hybridized carbons (Fsp3) is 0.188. The van der Waals surface area contributed by atoms with Gasteiger partial charge in [-0.25, -0.2) is 0 Å². The van der Waals surface area contributed by atoms with Crippen LogP contribution in [0, 0.1) is 0 Å². The SMILES string of the molecule is Nc1ccc(Br)cc1C(=O)Cc1cc(Cl)cc2c1OCC2. The zero-order valence-electron chi connectivity index (χ0n) is 11.2. The number of anilines is 1. The van der Waals surface area contributed by atoms with Crippen molar-refractivity contribution in [3.8, 4) is 5.75 Å². The number of halogens is 2. The molecule has 0 amide bonds. The largest absolute Gasteiger partial charge is 0.493 e. The summed E-state index contributed by atoms with van der Waals surface area (Å²) in [5.74, 6) is 0.745. The van der Waals surface area contributed by atoms with Gasteiger partial charge in [-0.1, -0.05) is 27.5 Å². The first-order valence-corrected chi connectivity index (χ1v) is 7.74. The van der Waals surface area contributed by atoms with E-state index in [1.807, 2.05) is 12.1 Å². The van der Waals surface area contributed by atoms with E-state index in [2.05, 4.69) is 15.9 Å². The fourth-order valence-electron chi connectivity index (χ4n) is 2.52. The van der Waals surface area contributed by atoms with Gasteiger partial charge in [-0.05, 0) is 35.9 Å². The smallest absolute Gasteiger partial charge is 0.169 e. The predicted octanol–water partition coefficient (Wildman–Crippen LogP) is 4.05. The Labute approximate surface area is 136 Å². The number of nitrogen functional groups attached to an aromatic ring is 1. The Balaban J connectivity index is 1.94. The monoisotopic (exact) mass is 365 g/mol. The molecule has 2 N–H and O–H groups in total. The van der Waals surface area contributed by atoms with Crippen LogP contribution in [0.4, 0.5) is 5.69 Å². The highest BCUT2D eigenvalue weighted by Gasteiger charge is 2.20. The van der Waals surface area contributed by atoms with E-state index >= 15 is 0 Å². The van der Waals surface area contributed by atoms with Gasteiger partial charge in [0.15, 0.2) is 5.78 Å². The summed E-state index contributed by atoms with van der Waals surface area (Å²) >= 11 is 9.47. The van der Waals surface area contributed by atoms with Crippen LogP contribution >= 0.6 is 27.5 Å². The minimum atomic E-state index is -0.0474. The van der Waals surface area contributed by atoms with E-state index in [0.717, 1.165) is 27.8 Å². The maximum Gasteiger partial charge on any atom is 0.169 e. The van der Waals surface area contributed by atoms with Gasteiger partial charge in [-0.15, -0.1) is 0 Å². The van der Waals surface area contributed by atoms with Gasteiger partial charge in [0, 0.05) is 39.2 Å². The van der Waals surface area contributed by atoms with Crippen molar-refractivity contribution in [3.63, 3.8) is 0 Å². The maximum absolute atomic E-state index is 12.5. The number of benzene rings is 2. The van der Waals surface area contributed by atoms with E-state index in [1.165, 1.54) is 0 Å². The van der Waals surface area contributed by atoms with Crippen molar-refractivity contribution < 1.29 is 9.53 Å². The molecule has 0 radical (unpaired) electrons. The summed E-state index contributed by atoms with van der Waals surface area (Å²) in [5, 5.41) is 0.629. The maximum atomic E-state index is 12.5. The normalized spacial score (nSPS) is 12.9. The number of fused-ring (bicyclic) bond motifs is 1. The van der Waals surface area contributed by atoms with Crippen LogP contribution in [0.25, 0.3) is 0 Å². The molecule has 0 fully saturated rings. The molecular formula is C16H13BrClNO2. The molecule has 2 aromatic rings. The Morgan fingerprint density at radius 3 is 2.95 bits per heavy atom. The molecule has 1 aliphatic heterocycles. The average molecular weight is 367 g/mol. The highest BCUT2D eigenvalue weighted by molar-refractivity contribution is 9.10. The summed E-state index contributed by atoms with van der Waals surface area (Å²) in [7, 11) is 0. The summed E-state index contributed by atoms with van der Waals surface area (Å²) in [4.78, 5) is 12.5. The summed E-state index contributed by atoms with van der Waals surface area (Å²) in [6.45, 7) is 0.635. The molecule has 1 heterocycles. The standard InChI is InChI=1S/C16H13BrClNO2/c17-11-1-2-14(19)13(8-11)15(20)7-10-6-12(18)5-9-3-4-21-16(9)10/h1-2,5-6,8H,3-4,7,19H2. The molecule has 0 bridgehead atoms. The Kier molecular flexibility index (Phi) is 3.91. The van der Waals surface area contributed by atoms with Crippen molar-refractivity contribution >= 4 is 39.0 Å². The van der Waals surface area contributed by atoms with Gasteiger partial charge in [-0.3, -0.25) is 4.79 Å². The lowest BCUT2D eigenvalue weighted by Gasteiger charge is -2.10. The lowest BCUT2D eigenvalue weighted by atomic mass is 9.99. The molecule has 0 spiro atoms. The number of hydrogen-bond acceptors (Lipinski definition) is 3. The minimum absolute atomic E-state index is 0.0474. The molecule has 1 aliphatic rings. The molecule has 0 atom stereocenters. The molecule has 0 aromatic heterocycles. The predicted molar refractivity (Wildman–Crippen MR) is 87.2 cm³/mol. The van der Waals surface area contributed by atoms with Gasteiger partial charge in [0.2, 0.25) is 0 Å². The van der Waals surface area contributed by atoms with Crippen LogP contribution in [0.15, 0.2) is 34.8 Å². The summed E-state index contributed by atoms with van der Waals surface area (Å²) in [6.07, 6.45) is 1.06. The molecule has 0 saturated carbocycles. The number of carbonyl (C=O) groups excluding carboxylic acids is 1. The molecule has 3 rings (SSSR count). The number of ketones is 1. The molecule has 0 saturated heterocycles. The number of hydrogen-bond donors (Lipinski definition) is 1. The molecule has 3 nitrogen and oxygen atoms in total. The van der Waals surface area contributed by atoms with Crippen LogP contribution in [-0.4, -0.2) is 12.4 Å². The van der Waals surface area contributed by atoms with Gasteiger partial charge >= 0.3 is 0 Å². The van der Waals surface area contributed by atoms with E-state index in [9.17, 15) is 4.79 Å². The number of ether oxygens (including phenoxy) is 1. The van der Waals surface area contributed by atoms with E-state index in [-0.39, 0.29) is 12.2 Å². The van der Waals surface area contributed by atoms with Crippen LogP contribution in [0.5, 0.6) is 5.75 Å². The second kappa shape index (κ2) is 5.70. The zero-order chi connectivity index (χ0) is 15.0. The highest BCUT2D eigenvalue weighted by atomic mass is 79.9. The molecule has 0 unspecified atom stereocenters. The van der Waals surface area contributed by atoms with Crippen molar-refractivity contribution in [1.29, 1.82) is 0 Å². The highest BCUT2D eigenvalue weighted by Crippen LogP contribution is 2.34. The summed E-state index contributed by atoms with van der Waals surface area (Å²) in [5.41, 5.74) is 8.75. The van der Waals surface area contributed by atoms with Crippen LogP contribution in [-0.2, 0) is 12.8 Å². The first-order valence-electron chi connectivity index (χ1n) is 6.57. The van der Waals surface area contributed by atoms with Gasteiger partial charge < -0.3 is 10.5 Å². The van der Waals surface area contributed by atoms with Crippen LogP contribution < -0.4 is 10.5 Å². The van der Waals surface area contributed by atoms with Gasteiger partial charge in [-0.2, -0.15) is 0 Å². The Hall–Kier alpha value is -1.52. The third-order valence-corrected chi connectivity index (χ3v) is 4.20. The van der Waals surface area contributed by atoms with E-state index < -0.39 is 0 Å². The first kappa shape index (κ1) is 14.4. The fourth-order valence-corrected chi connectivity index (χ4v) is 3.14. The zero-order valence-corrected chi connectivity index (χ0v) is 13.5. The Bertz CT molecular complexity index is 730. The molecule has 0 aliphatic carbocycles. The van der Waals surface area contributed by atoms with Crippen molar-refractivity contribution in [2.45, 2.75) is 12.8 Å². The summed E-state index contributed by atoms with van der Waals surface area (Å²) < 4.78 is 6.45. The third kappa shape index (κ3) is 2.92. The number of Topliss-reactive ketones (excluding diaryl/α,β-unsaturated/α-hetero) is 1. The lowest BCUT2D eigenvalue weighted by Crippen LogP contribution is -2.08. The van der Waals surface area contributed by atoms with Crippen LogP contribution in [0.1, 0.15) is 21.5 Å². The van der Waals surface area contributed by atoms with Crippen molar-refractivity contribution in [1.82, 2.24) is 0 Å². The average Bonchev–Trinajstić information content (AvgIpc) is 2.89. The van der Waals surface area contributed by atoms with Gasteiger partial charge in [0.05, 0.1) is 6.61 Å². The molecule has 21 heavy (non-hydrogen) atoms. The first-order chi connectivity index (χ1) is 10.0.